The summed E-state index contributed by atoms with van der Waals surface area (Å²) in [6, 6.07) is 14.0. The maximum Gasteiger partial charge on any atom is 0.335 e. The average molecular weight is 547 g/mol. The van der Waals surface area contributed by atoms with Crippen molar-refractivity contribution in [2.24, 2.45) is 0 Å². The van der Waals surface area contributed by atoms with Crippen LogP contribution >= 0.6 is 39.3 Å². The molecule has 0 aliphatic carbocycles. The number of halogens is 2. The van der Waals surface area contributed by atoms with Gasteiger partial charge in [0, 0.05) is 21.7 Å². The van der Waals surface area contributed by atoms with Gasteiger partial charge in [-0.2, -0.15) is 0 Å². The van der Waals surface area contributed by atoms with Gasteiger partial charge in [-0.05, 0) is 54.2 Å². The van der Waals surface area contributed by atoms with Crippen molar-refractivity contribution in [2.75, 3.05) is 6.54 Å². The number of carbonyl (C=O) groups excluding carboxylic acids is 3. The summed E-state index contributed by atoms with van der Waals surface area (Å²) in [5.74, 6) is -1.49. The molecule has 3 aromatic rings. The lowest BCUT2D eigenvalue weighted by molar-refractivity contribution is -0.122. The summed E-state index contributed by atoms with van der Waals surface area (Å²) in [5, 5.41) is 8.93. The van der Waals surface area contributed by atoms with Crippen LogP contribution in [0.5, 0.6) is 0 Å². The molecule has 2 amide bonds. The van der Waals surface area contributed by atoms with Crippen LogP contribution in [-0.2, 0) is 4.79 Å². The summed E-state index contributed by atoms with van der Waals surface area (Å²) in [4.78, 5) is 49.8. The zero-order valence-corrected chi connectivity index (χ0v) is 19.7. The van der Waals surface area contributed by atoms with Gasteiger partial charge >= 0.3 is 5.97 Å². The van der Waals surface area contributed by atoms with Crippen LogP contribution in [0.1, 0.15) is 26.5 Å². The van der Waals surface area contributed by atoms with E-state index in [1.807, 2.05) is 0 Å². The van der Waals surface area contributed by atoms with Crippen LogP contribution in [0.25, 0.3) is 17.4 Å². The Hall–Kier alpha value is -3.14. The summed E-state index contributed by atoms with van der Waals surface area (Å²) in [7, 11) is 0. The van der Waals surface area contributed by atoms with E-state index in [1.54, 1.807) is 36.4 Å². The number of thioether (sulfide) groups is 1. The summed E-state index contributed by atoms with van der Waals surface area (Å²) in [6.45, 7) is -0.370. The van der Waals surface area contributed by atoms with Gasteiger partial charge in [-0.1, -0.05) is 39.7 Å². The van der Waals surface area contributed by atoms with Crippen LogP contribution in [-0.4, -0.2) is 39.5 Å². The molecular formula is C23H13BrClNO6S. The van der Waals surface area contributed by atoms with E-state index >= 15 is 0 Å². The monoisotopic (exact) mass is 545 g/mol. The molecule has 166 valence electrons. The second-order valence-corrected chi connectivity index (χ2v) is 9.22. The predicted octanol–water partition coefficient (Wildman–Crippen LogP) is 5.98. The number of nitrogens with zero attached hydrogens (tertiary/aromatic N) is 1. The number of hydrogen-bond acceptors (Lipinski definition) is 6. The molecule has 0 radical (unpaired) electrons. The summed E-state index contributed by atoms with van der Waals surface area (Å²) in [6.07, 6.45) is 1.40. The molecular weight excluding hydrogens is 534 g/mol. The van der Waals surface area contributed by atoms with Crippen molar-refractivity contribution in [1.82, 2.24) is 4.90 Å². The highest BCUT2D eigenvalue weighted by molar-refractivity contribution is 9.10. The Morgan fingerprint density at radius 3 is 2.45 bits per heavy atom. The summed E-state index contributed by atoms with van der Waals surface area (Å²) >= 11 is 10.2. The number of carboxylic acids is 1. The number of carboxylic acid groups (broad SMARTS) is 1. The van der Waals surface area contributed by atoms with Crippen LogP contribution in [0.15, 0.2) is 68.4 Å². The SMILES string of the molecule is O=C(O)c1ccc(Cl)c(-c2ccc(/C=C3\SC(=O)N(CC(=O)c4ccc(Br)cc4)C3=O)o2)c1. The number of furan rings is 1. The van der Waals surface area contributed by atoms with Gasteiger partial charge in [0.05, 0.1) is 22.0 Å². The van der Waals surface area contributed by atoms with E-state index in [0.717, 1.165) is 9.37 Å². The lowest BCUT2D eigenvalue weighted by Crippen LogP contribution is -2.33. The molecule has 10 heteroatoms. The summed E-state index contributed by atoms with van der Waals surface area (Å²) in [5.41, 5.74) is 0.811. The molecule has 0 saturated carbocycles. The highest BCUT2D eigenvalue weighted by Crippen LogP contribution is 2.35. The Labute approximate surface area is 205 Å². The van der Waals surface area contributed by atoms with Gasteiger partial charge in [0.15, 0.2) is 5.78 Å². The average Bonchev–Trinajstić information content (AvgIpc) is 3.34. The van der Waals surface area contributed by atoms with Gasteiger partial charge in [-0.25, -0.2) is 4.79 Å². The fourth-order valence-electron chi connectivity index (χ4n) is 3.06. The second-order valence-electron chi connectivity index (χ2n) is 6.90. The van der Waals surface area contributed by atoms with Gasteiger partial charge in [0.2, 0.25) is 0 Å². The van der Waals surface area contributed by atoms with Crippen molar-refractivity contribution >= 4 is 68.3 Å². The fraction of sp³-hybridized carbons (Fsp3) is 0.0435. The Balaban J connectivity index is 1.53. The third-order valence-corrected chi connectivity index (χ3v) is 6.49. The van der Waals surface area contributed by atoms with Crippen molar-refractivity contribution in [1.29, 1.82) is 0 Å². The molecule has 2 heterocycles. The van der Waals surface area contributed by atoms with Crippen LogP contribution in [0.2, 0.25) is 5.02 Å². The minimum absolute atomic E-state index is 0.0453. The van der Waals surface area contributed by atoms with Crippen molar-refractivity contribution in [3.63, 3.8) is 0 Å². The van der Waals surface area contributed by atoms with Crippen molar-refractivity contribution < 1.29 is 28.7 Å². The molecule has 1 N–H and O–H groups in total. The minimum Gasteiger partial charge on any atom is -0.478 e. The topological polar surface area (TPSA) is 105 Å². The molecule has 33 heavy (non-hydrogen) atoms. The Morgan fingerprint density at radius 2 is 1.76 bits per heavy atom. The van der Waals surface area contributed by atoms with Gasteiger partial charge in [-0.15, -0.1) is 0 Å². The molecule has 1 aliphatic heterocycles. The van der Waals surface area contributed by atoms with E-state index in [0.29, 0.717) is 33.7 Å². The van der Waals surface area contributed by atoms with Crippen LogP contribution < -0.4 is 0 Å². The van der Waals surface area contributed by atoms with E-state index in [-0.39, 0.29) is 28.6 Å². The molecule has 1 fully saturated rings. The molecule has 0 bridgehead atoms. The highest BCUT2D eigenvalue weighted by Gasteiger charge is 2.36. The molecule has 4 rings (SSSR count). The van der Waals surface area contributed by atoms with Gasteiger partial charge in [0.25, 0.3) is 11.1 Å². The molecule has 0 unspecified atom stereocenters. The number of amides is 2. The number of ketones is 1. The normalized spacial score (nSPS) is 14.8. The van der Waals surface area contributed by atoms with Gasteiger partial charge in [0.1, 0.15) is 11.5 Å². The fourth-order valence-corrected chi connectivity index (χ4v) is 4.35. The van der Waals surface area contributed by atoms with E-state index in [2.05, 4.69) is 15.9 Å². The van der Waals surface area contributed by atoms with E-state index in [4.69, 9.17) is 16.0 Å². The Bertz CT molecular complexity index is 1330. The zero-order chi connectivity index (χ0) is 23.7. The number of benzene rings is 2. The van der Waals surface area contributed by atoms with E-state index in [9.17, 15) is 24.3 Å². The van der Waals surface area contributed by atoms with Crippen LogP contribution in [0.3, 0.4) is 0 Å². The Kier molecular flexibility index (Phi) is 6.55. The number of carbonyl (C=O) groups is 4. The maximum absolute atomic E-state index is 12.7. The first-order valence-electron chi connectivity index (χ1n) is 9.40. The molecule has 0 atom stereocenters. The number of aromatic carboxylic acids is 1. The smallest absolute Gasteiger partial charge is 0.335 e. The molecule has 2 aromatic carbocycles. The number of imide groups is 1. The molecule has 0 spiro atoms. The quantitative estimate of drug-likeness (QED) is 0.299. The first kappa shape index (κ1) is 23.0. The molecule has 1 saturated heterocycles. The third-order valence-electron chi connectivity index (χ3n) is 4.72. The number of hydrogen-bond donors (Lipinski definition) is 1. The van der Waals surface area contributed by atoms with Crippen LogP contribution in [0.4, 0.5) is 4.79 Å². The first-order chi connectivity index (χ1) is 15.7. The van der Waals surface area contributed by atoms with E-state index < -0.39 is 17.1 Å². The number of rotatable bonds is 6. The molecule has 1 aromatic heterocycles. The van der Waals surface area contributed by atoms with Crippen molar-refractivity contribution in [2.45, 2.75) is 0 Å². The Morgan fingerprint density at radius 1 is 1.06 bits per heavy atom. The maximum atomic E-state index is 12.7. The first-order valence-corrected chi connectivity index (χ1v) is 11.4. The van der Waals surface area contributed by atoms with Gasteiger partial charge in [-0.3, -0.25) is 19.3 Å². The highest BCUT2D eigenvalue weighted by atomic mass is 79.9. The predicted molar refractivity (Wildman–Crippen MR) is 127 cm³/mol. The van der Waals surface area contributed by atoms with Crippen LogP contribution in [0, 0.1) is 0 Å². The lowest BCUT2D eigenvalue weighted by Gasteiger charge is -2.11. The standard InChI is InChI=1S/C23H13BrClNO6S/c24-14-4-1-12(2-5-14)18(27)11-26-21(28)20(33-23(26)31)10-15-6-8-19(32-15)16-9-13(22(29)30)3-7-17(16)25/h1-10H,11H2,(H,29,30)/b20-10-. The van der Waals surface area contributed by atoms with Crippen molar-refractivity contribution in [3.8, 4) is 11.3 Å². The molecule has 1 aliphatic rings. The van der Waals surface area contributed by atoms with E-state index in [1.165, 1.54) is 24.3 Å². The third kappa shape index (κ3) is 4.95. The van der Waals surface area contributed by atoms with Crippen molar-refractivity contribution in [3.05, 3.63) is 85.9 Å². The second kappa shape index (κ2) is 9.38. The zero-order valence-electron chi connectivity index (χ0n) is 16.6. The number of Topliss-reactive ketones (excluding diaryl/α,β-unsaturated/α-hetero) is 1. The minimum atomic E-state index is -1.11. The summed E-state index contributed by atoms with van der Waals surface area (Å²) < 4.78 is 6.51. The molecule has 7 nitrogen and oxygen atoms in total. The van der Waals surface area contributed by atoms with Gasteiger partial charge < -0.3 is 9.52 Å². The lowest BCUT2D eigenvalue weighted by atomic mass is 10.1. The largest absolute Gasteiger partial charge is 0.478 e.